The number of nitrogens with one attached hydrogen (secondary N) is 1. The second-order valence-electron chi connectivity index (χ2n) is 5.56. The highest BCUT2D eigenvalue weighted by Gasteiger charge is 2.41. The summed E-state index contributed by atoms with van der Waals surface area (Å²) in [4.78, 5) is 41.6. The number of carbonyl (C=O) groups is 3. The molecule has 0 bridgehead atoms. The fourth-order valence-electron chi connectivity index (χ4n) is 2.60. The summed E-state index contributed by atoms with van der Waals surface area (Å²) in [5.41, 5.74) is 0.803. The Balaban J connectivity index is 1.64. The normalized spacial score (nSPS) is 16.6. The van der Waals surface area contributed by atoms with Crippen LogP contribution in [0.3, 0.4) is 0 Å². The van der Waals surface area contributed by atoms with Crippen LogP contribution in [0.4, 0.5) is 10.6 Å². The van der Waals surface area contributed by atoms with Gasteiger partial charge in [-0.25, -0.2) is 14.7 Å². The van der Waals surface area contributed by atoms with E-state index >= 15 is 0 Å². The van der Waals surface area contributed by atoms with Crippen molar-refractivity contribution >= 4 is 23.7 Å². The Labute approximate surface area is 144 Å². The number of benzene rings is 1. The van der Waals surface area contributed by atoms with Crippen LogP contribution in [0, 0.1) is 0 Å². The minimum absolute atomic E-state index is 0.0397. The molecule has 2 heterocycles. The maximum Gasteiger partial charge on any atom is 0.417 e. The van der Waals surface area contributed by atoms with Crippen LogP contribution in [0.25, 0.3) is 0 Å². The van der Waals surface area contributed by atoms with E-state index in [9.17, 15) is 14.4 Å². The number of anilines is 1. The van der Waals surface area contributed by atoms with Crippen molar-refractivity contribution in [1.82, 2.24) is 9.88 Å². The first-order chi connectivity index (χ1) is 12.1. The van der Waals surface area contributed by atoms with E-state index in [1.165, 1.54) is 0 Å². The predicted molar refractivity (Wildman–Crippen MR) is 89.4 cm³/mol. The number of rotatable bonds is 4. The lowest BCUT2D eigenvalue weighted by atomic mass is 10.2. The van der Waals surface area contributed by atoms with Crippen LogP contribution in [-0.4, -0.2) is 33.8 Å². The lowest BCUT2D eigenvalue weighted by molar-refractivity contribution is -0.131. The van der Waals surface area contributed by atoms with Gasteiger partial charge >= 0.3 is 6.09 Å². The molecule has 1 aromatic carbocycles. The zero-order valence-corrected chi connectivity index (χ0v) is 13.4. The van der Waals surface area contributed by atoms with Gasteiger partial charge in [0.2, 0.25) is 11.8 Å². The van der Waals surface area contributed by atoms with E-state index in [-0.39, 0.29) is 19.4 Å². The van der Waals surface area contributed by atoms with Crippen LogP contribution in [0.1, 0.15) is 18.4 Å². The second kappa shape index (κ2) is 7.57. The van der Waals surface area contributed by atoms with Crippen LogP contribution >= 0.6 is 0 Å². The highest BCUT2D eigenvalue weighted by Crippen LogP contribution is 2.21. The number of likely N-dealkylation sites (tertiary alicyclic amines) is 1. The summed E-state index contributed by atoms with van der Waals surface area (Å²) < 4.78 is 5.18. The third kappa shape index (κ3) is 4.00. The molecule has 2 aromatic rings. The van der Waals surface area contributed by atoms with Crippen molar-refractivity contribution < 1.29 is 19.1 Å². The lowest BCUT2D eigenvalue weighted by Crippen LogP contribution is -2.45. The Bertz CT molecular complexity index is 764. The molecule has 1 saturated heterocycles. The van der Waals surface area contributed by atoms with Gasteiger partial charge in [0.05, 0.1) is 0 Å². The number of aromatic nitrogens is 1. The molecule has 0 saturated carbocycles. The van der Waals surface area contributed by atoms with Crippen LogP contribution in [0.2, 0.25) is 0 Å². The fourth-order valence-corrected chi connectivity index (χ4v) is 2.60. The molecular formula is C18H17N3O4. The number of ether oxygens (including phenoxy) is 1. The first-order valence-corrected chi connectivity index (χ1v) is 7.90. The Morgan fingerprint density at radius 2 is 1.92 bits per heavy atom. The largest absolute Gasteiger partial charge is 0.444 e. The molecule has 3 rings (SSSR count). The van der Waals surface area contributed by atoms with Gasteiger partial charge in [-0.15, -0.1) is 0 Å². The van der Waals surface area contributed by atoms with Crippen molar-refractivity contribution in [3.8, 4) is 0 Å². The molecule has 0 spiro atoms. The van der Waals surface area contributed by atoms with Crippen LogP contribution in [0.5, 0.6) is 0 Å². The molecule has 1 atom stereocenters. The van der Waals surface area contributed by atoms with Crippen LogP contribution in [0.15, 0.2) is 54.7 Å². The monoisotopic (exact) mass is 339 g/mol. The average molecular weight is 339 g/mol. The van der Waals surface area contributed by atoms with Crippen LogP contribution < -0.4 is 5.32 Å². The molecule has 1 aliphatic rings. The number of pyridine rings is 1. The van der Waals surface area contributed by atoms with E-state index in [4.69, 9.17) is 4.74 Å². The number of imide groups is 1. The zero-order chi connectivity index (χ0) is 17.6. The molecule has 1 unspecified atom stereocenters. The van der Waals surface area contributed by atoms with Crippen molar-refractivity contribution in [2.24, 2.45) is 0 Å². The Hall–Kier alpha value is -3.22. The van der Waals surface area contributed by atoms with Gasteiger partial charge in [0.15, 0.2) is 0 Å². The number of amides is 3. The van der Waals surface area contributed by atoms with E-state index in [0.29, 0.717) is 5.82 Å². The van der Waals surface area contributed by atoms with Gasteiger partial charge in [0.25, 0.3) is 0 Å². The van der Waals surface area contributed by atoms with Gasteiger partial charge in [-0.3, -0.25) is 9.59 Å². The van der Waals surface area contributed by atoms with Crippen molar-refractivity contribution in [2.75, 3.05) is 5.32 Å². The van der Waals surface area contributed by atoms with Crippen LogP contribution in [-0.2, 0) is 20.9 Å². The molecule has 128 valence electrons. The second-order valence-corrected chi connectivity index (χ2v) is 5.56. The first kappa shape index (κ1) is 16.6. The summed E-state index contributed by atoms with van der Waals surface area (Å²) in [6, 6.07) is 13.3. The molecule has 7 nitrogen and oxygen atoms in total. The quantitative estimate of drug-likeness (QED) is 0.924. The highest BCUT2D eigenvalue weighted by molar-refractivity contribution is 6.04. The summed E-state index contributed by atoms with van der Waals surface area (Å²) in [5.74, 6) is -0.509. The molecule has 1 aromatic heterocycles. The van der Waals surface area contributed by atoms with Gasteiger partial charge in [0, 0.05) is 12.6 Å². The van der Waals surface area contributed by atoms with E-state index in [0.717, 1.165) is 10.5 Å². The molecule has 0 radical (unpaired) electrons. The van der Waals surface area contributed by atoms with Crippen molar-refractivity contribution in [1.29, 1.82) is 0 Å². The number of carbonyl (C=O) groups excluding carboxylic acids is 3. The maximum atomic E-state index is 12.4. The van der Waals surface area contributed by atoms with E-state index in [2.05, 4.69) is 10.3 Å². The zero-order valence-electron chi connectivity index (χ0n) is 13.4. The van der Waals surface area contributed by atoms with Gasteiger partial charge in [-0.2, -0.15) is 0 Å². The first-order valence-electron chi connectivity index (χ1n) is 7.90. The molecule has 1 N–H and O–H groups in total. The smallest absolute Gasteiger partial charge is 0.417 e. The third-order valence-corrected chi connectivity index (χ3v) is 3.83. The van der Waals surface area contributed by atoms with Gasteiger partial charge in [0.1, 0.15) is 18.5 Å². The third-order valence-electron chi connectivity index (χ3n) is 3.83. The standard InChI is InChI=1S/C18H17N3O4/c22-16-10-9-14(17(23)20-15-8-4-5-11-19-15)21(16)18(24)25-12-13-6-2-1-3-7-13/h1-8,11,14H,9-10,12H2,(H,19,20,23). The minimum atomic E-state index is -0.891. The predicted octanol–water partition coefficient (Wildman–Crippen LogP) is 2.35. The van der Waals surface area contributed by atoms with Crippen molar-refractivity contribution in [2.45, 2.75) is 25.5 Å². The van der Waals surface area contributed by atoms with E-state index in [1.54, 1.807) is 24.4 Å². The summed E-state index contributed by atoms with van der Waals surface area (Å²) in [7, 11) is 0. The number of nitrogens with zero attached hydrogens (tertiary/aromatic N) is 2. The topological polar surface area (TPSA) is 88.6 Å². The number of hydrogen-bond donors (Lipinski definition) is 1. The molecule has 25 heavy (non-hydrogen) atoms. The average Bonchev–Trinajstić information content (AvgIpc) is 3.03. The summed E-state index contributed by atoms with van der Waals surface area (Å²) in [5, 5.41) is 2.61. The number of hydrogen-bond acceptors (Lipinski definition) is 5. The van der Waals surface area contributed by atoms with E-state index in [1.807, 2.05) is 30.3 Å². The van der Waals surface area contributed by atoms with Gasteiger partial charge < -0.3 is 10.1 Å². The Morgan fingerprint density at radius 1 is 1.16 bits per heavy atom. The van der Waals surface area contributed by atoms with Crippen molar-refractivity contribution in [3.63, 3.8) is 0 Å². The Morgan fingerprint density at radius 3 is 2.64 bits per heavy atom. The molecule has 3 amide bonds. The van der Waals surface area contributed by atoms with Gasteiger partial charge in [-0.1, -0.05) is 36.4 Å². The van der Waals surface area contributed by atoms with Crippen molar-refractivity contribution in [3.05, 3.63) is 60.3 Å². The minimum Gasteiger partial charge on any atom is -0.444 e. The van der Waals surface area contributed by atoms with E-state index < -0.39 is 23.9 Å². The molecule has 0 aliphatic carbocycles. The summed E-state index contributed by atoms with van der Waals surface area (Å²) >= 11 is 0. The summed E-state index contributed by atoms with van der Waals surface area (Å²) in [6.45, 7) is 0.0397. The molecular weight excluding hydrogens is 322 g/mol. The summed E-state index contributed by atoms with van der Waals surface area (Å²) in [6.07, 6.45) is 1.12. The lowest BCUT2D eigenvalue weighted by Gasteiger charge is -2.21. The SMILES string of the molecule is O=C(Nc1ccccn1)C1CCC(=O)N1C(=O)OCc1ccccc1. The Kier molecular flexibility index (Phi) is 5.03. The highest BCUT2D eigenvalue weighted by atomic mass is 16.6. The molecule has 1 fully saturated rings. The molecule has 7 heteroatoms. The maximum absolute atomic E-state index is 12.4. The fraction of sp³-hybridized carbons (Fsp3) is 0.222. The molecule has 1 aliphatic heterocycles. The van der Waals surface area contributed by atoms with Gasteiger partial charge in [-0.05, 0) is 24.1 Å².